The zero-order valence-corrected chi connectivity index (χ0v) is 15.2. The molecule has 2 heterocycles. The number of rotatable bonds is 6. The standard InChI is InChI=1S/C17H21NO4S2/c1-21-15-6-4-14(5-7-15)17(8-10-22-11-9-17)13-18-24(19,20)16-3-2-12-23-16/h2-7,12,18H,8-11,13H2,1H3. The van der Waals surface area contributed by atoms with Gasteiger partial charge in [-0.1, -0.05) is 18.2 Å². The van der Waals surface area contributed by atoms with Crippen molar-refractivity contribution in [2.45, 2.75) is 22.5 Å². The number of sulfonamides is 1. The lowest BCUT2D eigenvalue weighted by Crippen LogP contribution is -2.44. The third-order valence-electron chi connectivity index (χ3n) is 4.51. The molecule has 0 unspecified atom stereocenters. The molecule has 1 aromatic heterocycles. The Morgan fingerprint density at radius 1 is 1.21 bits per heavy atom. The van der Waals surface area contributed by atoms with Gasteiger partial charge in [0, 0.05) is 25.2 Å². The lowest BCUT2D eigenvalue weighted by Gasteiger charge is -2.37. The van der Waals surface area contributed by atoms with Gasteiger partial charge in [0.1, 0.15) is 9.96 Å². The second kappa shape index (κ2) is 7.23. The molecule has 1 aliphatic heterocycles. The van der Waals surface area contributed by atoms with E-state index in [2.05, 4.69) is 4.72 Å². The van der Waals surface area contributed by atoms with E-state index in [4.69, 9.17) is 9.47 Å². The van der Waals surface area contributed by atoms with Gasteiger partial charge in [-0.15, -0.1) is 11.3 Å². The van der Waals surface area contributed by atoms with E-state index in [1.165, 1.54) is 11.3 Å². The van der Waals surface area contributed by atoms with Crippen LogP contribution in [0.4, 0.5) is 0 Å². The number of benzene rings is 1. The summed E-state index contributed by atoms with van der Waals surface area (Å²) in [6.45, 7) is 1.63. The summed E-state index contributed by atoms with van der Waals surface area (Å²) in [7, 11) is -1.84. The first-order valence-corrected chi connectivity index (χ1v) is 10.2. The molecule has 3 rings (SSSR count). The summed E-state index contributed by atoms with van der Waals surface area (Å²) < 4.78 is 38.8. The predicted octanol–water partition coefficient (Wildman–Crippen LogP) is 2.78. The van der Waals surface area contributed by atoms with E-state index in [0.717, 1.165) is 24.2 Å². The van der Waals surface area contributed by atoms with E-state index in [9.17, 15) is 8.42 Å². The van der Waals surface area contributed by atoms with Crippen LogP contribution in [0.15, 0.2) is 46.0 Å². The summed E-state index contributed by atoms with van der Waals surface area (Å²) in [5.41, 5.74) is 0.856. The van der Waals surface area contributed by atoms with Crippen molar-refractivity contribution in [2.24, 2.45) is 0 Å². The van der Waals surface area contributed by atoms with Crippen LogP contribution in [0, 0.1) is 0 Å². The number of thiophene rings is 1. The van der Waals surface area contributed by atoms with Crippen LogP contribution >= 0.6 is 11.3 Å². The SMILES string of the molecule is COc1ccc(C2(CNS(=O)(=O)c3cccs3)CCOCC2)cc1. The molecule has 0 atom stereocenters. The van der Waals surface area contributed by atoms with Crippen molar-refractivity contribution in [2.75, 3.05) is 26.9 Å². The first-order chi connectivity index (χ1) is 11.6. The molecule has 5 nitrogen and oxygen atoms in total. The zero-order chi connectivity index (χ0) is 17.0. The summed E-state index contributed by atoms with van der Waals surface area (Å²) in [6, 6.07) is 11.2. The molecule has 0 bridgehead atoms. The monoisotopic (exact) mass is 367 g/mol. The smallest absolute Gasteiger partial charge is 0.250 e. The molecule has 1 aromatic carbocycles. The average molecular weight is 367 g/mol. The number of hydrogen-bond acceptors (Lipinski definition) is 5. The molecule has 7 heteroatoms. The highest BCUT2D eigenvalue weighted by molar-refractivity contribution is 7.91. The van der Waals surface area contributed by atoms with Crippen LogP contribution in [0.1, 0.15) is 18.4 Å². The molecule has 0 amide bonds. The van der Waals surface area contributed by atoms with Crippen LogP contribution in [0.2, 0.25) is 0 Å². The van der Waals surface area contributed by atoms with Crippen LogP contribution in [-0.4, -0.2) is 35.3 Å². The van der Waals surface area contributed by atoms with Gasteiger partial charge in [0.05, 0.1) is 7.11 Å². The quantitative estimate of drug-likeness (QED) is 0.853. The Morgan fingerprint density at radius 2 is 1.92 bits per heavy atom. The number of hydrogen-bond donors (Lipinski definition) is 1. The van der Waals surface area contributed by atoms with Crippen molar-refractivity contribution < 1.29 is 17.9 Å². The Hall–Kier alpha value is -1.41. The third kappa shape index (κ3) is 3.64. The molecular formula is C17H21NO4S2. The predicted molar refractivity (Wildman–Crippen MR) is 94.2 cm³/mol. The fourth-order valence-corrected chi connectivity index (χ4v) is 5.16. The topological polar surface area (TPSA) is 64.6 Å². The van der Waals surface area contributed by atoms with Gasteiger partial charge >= 0.3 is 0 Å². The maximum absolute atomic E-state index is 12.5. The normalized spacial score (nSPS) is 17.5. The second-order valence-corrected chi connectivity index (χ2v) is 8.82. The molecule has 130 valence electrons. The molecule has 0 radical (unpaired) electrons. The molecule has 0 aliphatic carbocycles. The maximum Gasteiger partial charge on any atom is 0.250 e. The van der Waals surface area contributed by atoms with Gasteiger partial charge in [-0.2, -0.15) is 0 Å². The van der Waals surface area contributed by atoms with E-state index in [-0.39, 0.29) is 5.41 Å². The minimum absolute atomic E-state index is 0.255. The first-order valence-electron chi connectivity index (χ1n) is 7.81. The Morgan fingerprint density at radius 3 is 2.50 bits per heavy atom. The molecular weight excluding hydrogens is 346 g/mol. The summed E-state index contributed by atoms with van der Waals surface area (Å²) >= 11 is 1.22. The van der Waals surface area contributed by atoms with Crippen molar-refractivity contribution in [1.29, 1.82) is 0 Å². The second-order valence-electron chi connectivity index (χ2n) is 5.88. The first kappa shape index (κ1) is 17.4. The zero-order valence-electron chi connectivity index (χ0n) is 13.5. The summed E-state index contributed by atoms with van der Waals surface area (Å²) in [5, 5.41) is 1.77. The molecule has 0 spiro atoms. The fourth-order valence-electron chi connectivity index (χ4n) is 2.99. The lowest BCUT2D eigenvalue weighted by atomic mass is 9.74. The number of methoxy groups -OCH3 is 1. The third-order valence-corrected chi connectivity index (χ3v) is 7.31. The van der Waals surface area contributed by atoms with Gasteiger partial charge in [0.25, 0.3) is 0 Å². The highest BCUT2D eigenvalue weighted by atomic mass is 32.2. The Labute approximate surface area is 146 Å². The Balaban J connectivity index is 1.83. The van der Waals surface area contributed by atoms with E-state index >= 15 is 0 Å². The maximum atomic E-state index is 12.5. The summed E-state index contributed by atoms with van der Waals surface area (Å²) in [5.74, 6) is 0.792. The van der Waals surface area contributed by atoms with E-state index in [1.807, 2.05) is 24.3 Å². The minimum Gasteiger partial charge on any atom is -0.497 e. The Kier molecular flexibility index (Phi) is 5.24. The number of ether oxygens (including phenoxy) is 2. The van der Waals surface area contributed by atoms with Gasteiger partial charge in [-0.3, -0.25) is 0 Å². The van der Waals surface area contributed by atoms with Crippen molar-refractivity contribution in [3.8, 4) is 5.75 Å². The highest BCUT2D eigenvalue weighted by Crippen LogP contribution is 2.35. The van der Waals surface area contributed by atoms with Gasteiger partial charge < -0.3 is 9.47 Å². The molecule has 1 saturated heterocycles. The lowest BCUT2D eigenvalue weighted by molar-refractivity contribution is 0.0517. The van der Waals surface area contributed by atoms with Gasteiger partial charge in [-0.25, -0.2) is 13.1 Å². The Bertz CT molecular complexity index is 748. The van der Waals surface area contributed by atoms with Crippen molar-refractivity contribution in [3.05, 3.63) is 47.3 Å². The molecule has 0 saturated carbocycles. The van der Waals surface area contributed by atoms with E-state index < -0.39 is 10.0 Å². The summed E-state index contributed by atoms with van der Waals surface area (Å²) in [4.78, 5) is 0. The van der Waals surface area contributed by atoms with Gasteiger partial charge in [0.15, 0.2) is 0 Å². The van der Waals surface area contributed by atoms with Crippen LogP contribution in [-0.2, 0) is 20.2 Å². The van der Waals surface area contributed by atoms with Crippen LogP contribution in [0.5, 0.6) is 5.75 Å². The van der Waals surface area contributed by atoms with Gasteiger partial charge in [0.2, 0.25) is 10.0 Å². The summed E-state index contributed by atoms with van der Waals surface area (Å²) in [6.07, 6.45) is 1.57. The highest BCUT2D eigenvalue weighted by Gasteiger charge is 2.36. The van der Waals surface area contributed by atoms with Crippen LogP contribution in [0.25, 0.3) is 0 Å². The van der Waals surface area contributed by atoms with Crippen molar-refractivity contribution in [3.63, 3.8) is 0 Å². The molecule has 24 heavy (non-hydrogen) atoms. The molecule has 1 fully saturated rings. The minimum atomic E-state index is -3.47. The molecule has 2 aromatic rings. The van der Waals surface area contributed by atoms with E-state index in [1.54, 1.807) is 24.6 Å². The fraction of sp³-hybridized carbons (Fsp3) is 0.412. The van der Waals surface area contributed by atoms with Gasteiger partial charge in [-0.05, 0) is 42.0 Å². The number of nitrogens with one attached hydrogen (secondary N) is 1. The molecule has 1 aliphatic rings. The molecule has 1 N–H and O–H groups in total. The van der Waals surface area contributed by atoms with Crippen molar-refractivity contribution >= 4 is 21.4 Å². The van der Waals surface area contributed by atoms with Crippen LogP contribution in [0.3, 0.4) is 0 Å². The van der Waals surface area contributed by atoms with Crippen molar-refractivity contribution in [1.82, 2.24) is 4.72 Å². The van der Waals surface area contributed by atoms with Crippen LogP contribution < -0.4 is 9.46 Å². The van der Waals surface area contributed by atoms with E-state index in [0.29, 0.717) is 24.0 Å². The average Bonchev–Trinajstić information content (AvgIpc) is 3.17. The largest absolute Gasteiger partial charge is 0.497 e.